The first-order valence-electron chi connectivity index (χ1n) is 44.4. The summed E-state index contributed by atoms with van der Waals surface area (Å²) in [6, 6.07) is 14.3. The van der Waals surface area contributed by atoms with Crippen LogP contribution in [0, 0.1) is 0 Å². The molecule has 3 unspecified atom stereocenters. The molecule has 7 aromatic rings. The summed E-state index contributed by atoms with van der Waals surface area (Å²) < 4.78 is 251. The number of aliphatic carboxylic acids is 1. The molecule has 7 atom stereocenters. The molecule has 0 spiro atoms. The number of piperidine rings is 4. The van der Waals surface area contributed by atoms with Crippen molar-refractivity contribution in [3.63, 3.8) is 0 Å². The lowest BCUT2D eigenvalue weighted by atomic mass is 9.79. The first-order chi connectivity index (χ1) is 66.2. The second kappa shape index (κ2) is 47.3. The van der Waals surface area contributed by atoms with E-state index in [4.69, 9.17) is 33.2 Å². The normalized spacial score (nSPS) is 20.8. The van der Waals surface area contributed by atoms with E-state index in [-0.39, 0.29) is 123 Å². The summed E-state index contributed by atoms with van der Waals surface area (Å²) in [5, 5.41) is 21.3. The van der Waals surface area contributed by atoms with E-state index < -0.39 is 165 Å². The first-order valence-corrected chi connectivity index (χ1v) is 44.4. The minimum atomic E-state index is -4.89. The lowest BCUT2D eigenvalue weighted by Gasteiger charge is -2.50. The Kier molecular flexibility index (Phi) is 37.3. The fourth-order valence-corrected chi connectivity index (χ4v) is 18.2. The van der Waals surface area contributed by atoms with Crippen LogP contribution in [-0.4, -0.2) is 283 Å². The van der Waals surface area contributed by atoms with Crippen molar-refractivity contribution in [2.45, 2.75) is 170 Å². The molecule has 11 heterocycles. The number of carboxylic acids is 1. The van der Waals surface area contributed by atoms with Crippen molar-refractivity contribution >= 4 is 58.9 Å². The largest absolute Gasteiger partial charge is 0.495 e. The van der Waals surface area contributed by atoms with Gasteiger partial charge in [0.25, 0.3) is 23.6 Å². The van der Waals surface area contributed by atoms with Gasteiger partial charge >= 0.3 is 49.0 Å². The van der Waals surface area contributed by atoms with Crippen LogP contribution in [0.4, 0.5) is 86.8 Å². The molecular formula is C93H113F15N16O17. The van der Waals surface area contributed by atoms with E-state index in [1.807, 2.05) is 58.3 Å². The van der Waals surface area contributed by atoms with Crippen molar-refractivity contribution in [3.05, 3.63) is 181 Å². The maximum absolute atomic E-state index is 14.8. The highest BCUT2D eigenvalue weighted by atomic mass is 19.4. The van der Waals surface area contributed by atoms with Crippen molar-refractivity contribution in [2.75, 3.05) is 130 Å². The smallest absolute Gasteiger partial charge is 0.433 e. The van der Waals surface area contributed by atoms with Gasteiger partial charge in [0.15, 0.2) is 5.78 Å². The highest BCUT2D eigenvalue weighted by Crippen LogP contribution is 2.46. The second-order valence-electron chi connectivity index (χ2n) is 33.3. The van der Waals surface area contributed by atoms with Crippen LogP contribution in [0.3, 0.4) is 0 Å². The monoisotopic (exact) mass is 2010 g/mol. The third kappa shape index (κ3) is 25.5. The summed E-state index contributed by atoms with van der Waals surface area (Å²) in [6.45, 7) is 16.3. The third-order valence-corrected chi connectivity index (χ3v) is 24.6. The highest BCUT2D eigenvalue weighted by Gasteiger charge is 2.60. The number of rotatable bonds is 26. The Hall–Kier alpha value is -13.3. The van der Waals surface area contributed by atoms with E-state index in [0.29, 0.717) is 121 Å². The van der Waals surface area contributed by atoms with Crippen LogP contribution in [0.2, 0.25) is 0 Å². The van der Waals surface area contributed by atoms with Gasteiger partial charge in [-0.1, -0.05) is 63.3 Å². The number of benzene rings is 2. The molecule has 6 aliphatic heterocycles. The zero-order chi connectivity index (χ0) is 103. The van der Waals surface area contributed by atoms with E-state index in [9.17, 15) is 109 Å². The first kappa shape index (κ1) is 111. The van der Waals surface area contributed by atoms with Gasteiger partial charge in [-0.3, -0.25) is 52.9 Å². The van der Waals surface area contributed by atoms with Crippen LogP contribution in [0.25, 0.3) is 0 Å². The molecule has 33 nitrogen and oxygen atoms in total. The van der Waals surface area contributed by atoms with E-state index >= 15 is 0 Å². The molecule has 0 aliphatic carbocycles. The summed E-state index contributed by atoms with van der Waals surface area (Å²) in [5.74, 6) is -4.86. The quantitative estimate of drug-likeness (QED) is 0.0299. The standard InChI is InChI=1S/C34H38F6N6O5.C32H36F6N6O4.C16H20F3N3O5.C10H15NO3.CH4/c1-4-8-27-32(51-29-21-28(34(38,39)40)43(2)42-29,12-7-14-46(27)30(47)23-22-41-13-11-24(23)33(35,36)37)31(48)45-17-15-44(16-18-45)25-9-5-6-10-26(25)50-20-19-49-3;1-4-8-25-30(48-27-19-26(32(36,37)38)41(2)40-27,12-7-14-44(25)28(45)21-20-39-13-11-22(21)31(33,34)35)29(46)43-17-15-42(16-18-43)23-9-5-6-10-24(23)47-3;1-4-6-10-15(13(23)24,7-5-8-22(10)14(25)26-3)27-12-9-11(16(17,18)19)21(2)20-12;1-3-5-8-9(12)6-4-7-11(8)10(13)14-2;/h4-6,9-11,13,21-22,27H,1,7-8,12,14-20H2,2-3H3;5-6,9-11,13,19-20,25H,4,7-8,12,14-18H2,1-3H3;4,9-10H,1,5-8H2,2-3H3,(H,23,24);3,8H,1,4-7H2,2H3;1H4/t27-,32+;25-,30+;;;/m11.../s1. The zero-order valence-electron chi connectivity index (χ0n) is 77.9. The number of carboxylic acid groups (broad SMARTS) is 1. The molecular weight excluding hydrogens is 1900 g/mol. The molecule has 141 heavy (non-hydrogen) atoms. The summed E-state index contributed by atoms with van der Waals surface area (Å²) in [6.07, 6.45) is -14.7. The predicted molar refractivity (Wildman–Crippen MR) is 479 cm³/mol. The Bertz CT molecular complexity index is 5500. The number of aryl methyl sites for hydroxylation is 3. The number of carbonyl (C=O) groups is 8. The van der Waals surface area contributed by atoms with Crippen LogP contribution in [0.5, 0.6) is 29.1 Å². The van der Waals surface area contributed by atoms with E-state index in [1.54, 1.807) is 27.2 Å². The molecule has 6 saturated heterocycles. The van der Waals surface area contributed by atoms with Crippen molar-refractivity contribution in [1.82, 2.24) is 68.7 Å². The topological polar surface area (TPSA) is 336 Å². The van der Waals surface area contributed by atoms with Crippen LogP contribution in [0.1, 0.15) is 147 Å². The molecule has 6 amide bonds. The van der Waals surface area contributed by atoms with Gasteiger partial charge in [0.2, 0.25) is 34.4 Å². The third-order valence-electron chi connectivity index (χ3n) is 24.6. The van der Waals surface area contributed by atoms with Crippen LogP contribution in [-0.2, 0) is 85.4 Å². The van der Waals surface area contributed by atoms with Gasteiger partial charge in [0.05, 0.1) is 85.7 Å². The number of pyridine rings is 2. The summed E-state index contributed by atoms with van der Waals surface area (Å²) in [5.41, 5.74) is -11.6. The average Bonchev–Trinajstić information content (AvgIpc) is 1.48. The molecule has 6 aliphatic rings. The summed E-state index contributed by atoms with van der Waals surface area (Å²) in [4.78, 5) is 124. The predicted octanol–water partition coefficient (Wildman–Crippen LogP) is 15.1. The van der Waals surface area contributed by atoms with Gasteiger partial charge < -0.3 is 77.3 Å². The number of nitrogens with zero attached hydrogens (tertiary/aromatic N) is 16. The molecule has 0 bridgehead atoms. The molecule has 772 valence electrons. The lowest BCUT2D eigenvalue weighted by Crippen LogP contribution is -2.69. The van der Waals surface area contributed by atoms with E-state index in [0.717, 1.165) is 75.7 Å². The van der Waals surface area contributed by atoms with Gasteiger partial charge in [-0.15, -0.1) is 35.0 Å². The number of carbonyl (C=O) groups excluding carboxylic acids is 7. The average molecular weight is 2010 g/mol. The van der Waals surface area contributed by atoms with Gasteiger partial charge in [0.1, 0.15) is 35.2 Å². The Labute approximate surface area is 802 Å². The minimum absolute atomic E-state index is 0. The number of amides is 6. The van der Waals surface area contributed by atoms with Gasteiger partial charge in [-0.05, 0) is 87.8 Å². The number of likely N-dealkylation sites (tertiary alicyclic amines) is 4. The Morgan fingerprint density at radius 3 is 1.23 bits per heavy atom. The van der Waals surface area contributed by atoms with Crippen LogP contribution < -0.4 is 33.5 Å². The van der Waals surface area contributed by atoms with Crippen molar-refractivity contribution in [1.29, 1.82) is 0 Å². The van der Waals surface area contributed by atoms with Crippen molar-refractivity contribution in [2.24, 2.45) is 21.1 Å². The molecule has 1 N–H and O–H groups in total. The van der Waals surface area contributed by atoms with Crippen molar-refractivity contribution < 1.29 is 147 Å². The van der Waals surface area contributed by atoms with Crippen LogP contribution >= 0.6 is 0 Å². The van der Waals surface area contributed by atoms with Crippen LogP contribution in [0.15, 0.2) is 142 Å². The molecule has 0 radical (unpaired) electrons. The number of halogens is 15. The zero-order valence-corrected chi connectivity index (χ0v) is 77.9. The van der Waals surface area contributed by atoms with E-state index in [2.05, 4.69) is 49.7 Å². The maximum atomic E-state index is 14.8. The Balaban J connectivity index is 0.000000227. The lowest BCUT2D eigenvalue weighted by molar-refractivity contribution is -0.166. The molecule has 48 heteroatoms. The maximum Gasteiger partial charge on any atom is 0.433 e. The van der Waals surface area contributed by atoms with Gasteiger partial charge in [-0.25, -0.2) is 14.4 Å². The Morgan fingerprint density at radius 2 is 0.844 bits per heavy atom. The number of hydrogen-bond acceptors (Lipinski definition) is 23. The molecule has 0 saturated carbocycles. The number of Topliss-reactive ketones (excluding diaryl/α,β-unsaturated/α-hetero) is 1. The minimum Gasteiger partial charge on any atom is -0.495 e. The van der Waals surface area contributed by atoms with Crippen molar-refractivity contribution in [3.8, 4) is 29.1 Å². The molecule has 6 fully saturated rings. The number of para-hydroxylation sites is 4. The Morgan fingerprint density at radius 1 is 0.468 bits per heavy atom. The van der Waals surface area contributed by atoms with E-state index in [1.165, 1.54) is 43.8 Å². The number of piperazine rings is 2. The number of hydrogen-bond donors (Lipinski definition) is 1. The number of methoxy groups -OCH3 is 4. The highest BCUT2D eigenvalue weighted by molar-refractivity contribution is 5.99. The molecule has 13 rings (SSSR count). The van der Waals surface area contributed by atoms with Gasteiger partial charge in [-0.2, -0.15) is 65.9 Å². The second-order valence-corrected chi connectivity index (χ2v) is 33.3. The summed E-state index contributed by atoms with van der Waals surface area (Å²) in [7, 11) is 8.82. The SMILES string of the molecule is C.C=CCC1C(=O)CCCN1C(=O)OC.C=CCC1N(C(=O)OC)CCCC1(Oc1cc(C(F)(F)F)n(C)n1)C(=O)O.C=CC[C@H]1N(C(=O)c2cnccc2C(F)(F)F)CCC[C@@]1(Oc1cc(C(F)(F)F)n(C)n1)C(=O)N1CCN(c2ccccc2OCCOC)CC1.CCC[C@H]1N(C(=O)c2cnccc2C(F)(F)F)CCC[C@@]1(Oc1cc(C(F)(F)F)n(C)n1)C(=O)N1CCN(c2ccccc2OC)CC1. The number of ether oxygens (including phenoxy) is 8. The number of alkyl halides is 15. The van der Waals surface area contributed by atoms with Gasteiger partial charge in [0, 0.05) is 175 Å². The number of aromatic nitrogens is 8. The summed E-state index contributed by atoms with van der Waals surface area (Å²) >= 11 is 0. The number of ketones is 1. The molecule has 5 aromatic heterocycles. The molecule has 2 aromatic carbocycles. The fourth-order valence-electron chi connectivity index (χ4n) is 18.2. The number of anilines is 2. The fraction of sp³-hybridized carbons (Fsp3) is 0.516.